The van der Waals surface area contributed by atoms with Crippen LogP contribution in [0.4, 0.5) is 11.8 Å². The van der Waals surface area contributed by atoms with Crippen LogP contribution in [-0.2, 0) is 11.8 Å². The van der Waals surface area contributed by atoms with Gasteiger partial charge in [0.1, 0.15) is 11.0 Å². The van der Waals surface area contributed by atoms with Crippen LogP contribution in [0.25, 0.3) is 0 Å². The molecule has 22 heavy (non-hydrogen) atoms. The number of halogens is 1. The van der Waals surface area contributed by atoms with Crippen molar-refractivity contribution in [2.45, 2.75) is 32.6 Å². The van der Waals surface area contributed by atoms with Gasteiger partial charge in [0.05, 0.1) is 16.7 Å². The lowest BCUT2D eigenvalue weighted by atomic mass is 9.86. The minimum Gasteiger partial charge on any atom is -0.382 e. The molecule has 2 aromatic heterocycles. The summed E-state index contributed by atoms with van der Waals surface area (Å²) in [7, 11) is 0. The SMILES string of the molecule is CCc1nc(N)nc(N)c1C#CC(C)(C)c1ccc(Cl)nc1. The largest absolute Gasteiger partial charge is 0.382 e. The van der Waals surface area contributed by atoms with Crippen LogP contribution in [0.2, 0.25) is 5.15 Å². The van der Waals surface area contributed by atoms with Gasteiger partial charge in [0.2, 0.25) is 5.95 Å². The van der Waals surface area contributed by atoms with Crippen LogP contribution in [0.3, 0.4) is 0 Å². The van der Waals surface area contributed by atoms with E-state index in [-0.39, 0.29) is 5.95 Å². The molecule has 0 amide bonds. The number of hydrogen-bond acceptors (Lipinski definition) is 5. The van der Waals surface area contributed by atoms with Gasteiger partial charge in [-0.3, -0.25) is 0 Å². The molecular formula is C16H18ClN5. The Balaban J connectivity index is 2.43. The number of hydrogen-bond donors (Lipinski definition) is 2. The fourth-order valence-corrected chi connectivity index (χ4v) is 2.09. The smallest absolute Gasteiger partial charge is 0.222 e. The summed E-state index contributed by atoms with van der Waals surface area (Å²) in [6.07, 6.45) is 2.41. The number of aryl methyl sites for hydroxylation is 1. The maximum atomic E-state index is 5.92. The Hall–Kier alpha value is -2.32. The second kappa shape index (κ2) is 6.20. The van der Waals surface area contributed by atoms with Gasteiger partial charge in [0.15, 0.2) is 0 Å². The fourth-order valence-electron chi connectivity index (χ4n) is 1.97. The van der Waals surface area contributed by atoms with Crippen LogP contribution < -0.4 is 11.5 Å². The number of rotatable bonds is 2. The number of pyridine rings is 1. The van der Waals surface area contributed by atoms with E-state index in [0.717, 1.165) is 11.3 Å². The molecule has 0 aromatic carbocycles. The van der Waals surface area contributed by atoms with E-state index in [4.69, 9.17) is 23.1 Å². The summed E-state index contributed by atoms with van der Waals surface area (Å²) >= 11 is 5.82. The summed E-state index contributed by atoms with van der Waals surface area (Å²) in [4.78, 5) is 12.3. The monoisotopic (exact) mass is 315 g/mol. The highest BCUT2D eigenvalue weighted by Crippen LogP contribution is 2.23. The van der Waals surface area contributed by atoms with E-state index in [1.165, 1.54) is 0 Å². The summed E-state index contributed by atoms with van der Waals surface area (Å²) < 4.78 is 0. The number of nitrogen functional groups attached to an aromatic ring is 2. The molecule has 0 radical (unpaired) electrons. The first kappa shape index (κ1) is 16.1. The van der Waals surface area contributed by atoms with E-state index in [0.29, 0.717) is 23.0 Å². The van der Waals surface area contributed by atoms with E-state index in [2.05, 4.69) is 26.8 Å². The zero-order valence-electron chi connectivity index (χ0n) is 12.8. The molecule has 0 spiro atoms. The third-order valence-electron chi connectivity index (χ3n) is 3.31. The van der Waals surface area contributed by atoms with Gasteiger partial charge < -0.3 is 11.5 Å². The highest BCUT2D eigenvalue weighted by molar-refractivity contribution is 6.29. The molecule has 0 saturated carbocycles. The van der Waals surface area contributed by atoms with Crippen LogP contribution in [-0.4, -0.2) is 15.0 Å². The summed E-state index contributed by atoms with van der Waals surface area (Å²) in [5.41, 5.74) is 13.5. The molecule has 0 unspecified atom stereocenters. The average molecular weight is 316 g/mol. The van der Waals surface area contributed by atoms with Gasteiger partial charge in [-0.15, -0.1) is 0 Å². The van der Waals surface area contributed by atoms with Gasteiger partial charge in [-0.2, -0.15) is 4.98 Å². The molecule has 2 aromatic rings. The molecule has 114 valence electrons. The molecule has 2 heterocycles. The van der Waals surface area contributed by atoms with Gasteiger partial charge in [-0.25, -0.2) is 9.97 Å². The summed E-state index contributed by atoms with van der Waals surface area (Å²) in [5.74, 6) is 6.78. The van der Waals surface area contributed by atoms with Crippen molar-refractivity contribution in [2.24, 2.45) is 0 Å². The van der Waals surface area contributed by atoms with Crippen molar-refractivity contribution < 1.29 is 0 Å². The summed E-state index contributed by atoms with van der Waals surface area (Å²) in [6.45, 7) is 5.98. The lowest BCUT2D eigenvalue weighted by Crippen LogP contribution is -2.15. The second-order valence-electron chi connectivity index (χ2n) is 5.39. The lowest BCUT2D eigenvalue weighted by Gasteiger charge is -2.17. The predicted molar refractivity (Wildman–Crippen MR) is 89.4 cm³/mol. The lowest BCUT2D eigenvalue weighted by molar-refractivity contribution is 0.694. The van der Waals surface area contributed by atoms with E-state index in [1.807, 2.05) is 26.8 Å². The molecule has 0 atom stereocenters. The summed E-state index contributed by atoms with van der Waals surface area (Å²) in [6, 6.07) is 3.66. The van der Waals surface area contributed by atoms with Gasteiger partial charge in [-0.1, -0.05) is 36.4 Å². The van der Waals surface area contributed by atoms with Crippen molar-refractivity contribution in [2.75, 3.05) is 11.5 Å². The molecule has 2 rings (SSSR count). The zero-order valence-corrected chi connectivity index (χ0v) is 13.6. The van der Waals surface area contributed by atoms with E-state index < -0.39 is 5.41 Å². The van der Waals surface area contributed by atoms with Crippen LogP contribution in [0.5, 0.6) is 0 Å². The standard InChI is InChI=1S/C16H18ClN5/c1-4-12-11(14(18)22-15(19)21-12)7-8-16(2,3)10-5-6-13(17)20-9-10/h5-6,9H,4H2,1-3H3,(H4,18,19,21,22). The molecule has 0 bridgehead atoms. The fraction of sp³-hybridized carbons (Fsp3) is 0.312. The molecular weight excluding hydrogens is 298 g/mol. The Labute approximate surface area is 135 Å². The Morgan fingerprint density at radius 2 is 1.95 bits per heavy atom. The molecule has 5 nitrogen and oxygen atoms in total. The molecule has 0 aliphatic heterocycles. The van der Waals surface area contributed by atoms with Gasteiger partial charge >= 0.3 is 0 Å². The summed E-state index contributed by atoms with van der Waals surface area (Å²) in [5, 5.41) is 0.456. The molecule has 4 N–H and O–H groups in total. The molecule has 0 fully saturated rings. The zero-order chi connectivity index (χ0) is 16.3. The predicted octanol–water partition coefficient (Wildman–Crippen LogP) is 2.58. The number of nitrogens with two attached hydrogens (primary N) is 2. The van der Waals surface area contributed by atoms with Gasteiger partial charge in [-0.05, 0) is 31.9 Å². The van der Waals surface area contributed by atoms with Crippen molar-refractivity contribution in [1.29, 1.82) is 0 Å². The van der Waals surface area contributed by atoms with Crippen LogP contribution in [0.15, 0.2) is 18.3 Å². The maximum absolute atomic E-state index is 5.92. The maximum Gasteiger partial charge on any atom is 0.222 e. The quantitative estimate of drug-likeness (QED) is 0.656. The van der Waals surface area contributed by atoms with Gasteiger partial charge in [0.25, 0.3) is 0 Å². The van der Waals surface area contributed by atoms with Crippen molar-refractivity contribution in [3.05, 3.63) is 40.3 Å². The molecule has 0 aliphatic rings. The number of nitrogens with zero attached hydrogens (tertiary/aromatic N) is 3. The third-order valence-corrected chi connectivity index (χ3v) is 3.54. The van der Waals surface area contributed by atoms with E-state index in [9.17, 15) is 0 Å². The van der Waals surface area contributed by atoms with Crippen molar-refractivity contribution in [3.8, 4) is 11.8 Å². The Bertz CT molecular complexity index is 742. The highest BCUT2D eigenvalue weighted by atomic mass is 35.5. The van der Waals surface area contributed by atoms with Crippen LogP contribution in [0.1, 0.15) is 37.6 Å². The minimum atomic E-state index is -0.406. The van der Waals surface area contributed by atoms with Crippen molar-refractivity contribution in [1.82, 2.24) is 15.0 Å². The first-order chi connectivity index (χ1) is 10.3. The van der Waals surface area contributed by atoms with Gasteiger partial charge in [0, 0.05) is 6.20 Å². The highest BCUT2D eigenvalue weighted by Gasteiger charge is 2.18. The second-order valence-corrected chi connectivity index (χ2v) is 5.77. The number of aromatic nitrogens is 3. The number of anilines is 2. The Morgan fingerprint density at radius 1 is 1.23 bits per heavy atom. The van der Waals surface area contributed by atoms with E-state index in [1.54, 1.807) is 12.3 Å². The first-order valence-electron chi connectivity index (χ1n) is 6.90. The average Bonchev–Trinajstić information content (AvgIpc) is 2.46. The topological polar surface area (TPSA) is 90.7 Å². The van der Waals surface area contributed by atoms with Crippen molar-refractivity contribution in [3.63, 3.8) is 0 Å². The minimum absolute atomic E-state index is 0.168. The Morgan fingerprint density at radius 3 is 2.55 bits per heavy atom. The third kappa shape index (κ3) is 3.46. The molecule has 0 aliphatic carbocycles. The van der Waals surface area contributed by atoms with Crippen LogP contribution in [0, 0.1) is 11.8 Å². The normalized spacial score (nSPS) is 10.9. The van der Waals surface area contributed by atoms with Crippen LogP contribution >= 0.6 is 11.6 Å². The first-order valence-corrected chi connectivity index (χ1v) is 7.28. The Kier molecular flexibility index (Phi) is 4.53. The van der Waals surface area contributed by atoms with E-state index >= 15 is 0 Å². The molecule has 6 heteroatoms. The molecule has 0 saturated heterocycles. The van der Waals surface area contributed by atoms with Crippen molar-refractivity contribution >= 4 is 23.4 Å².